The second-order valence-electron chi connectivity index (χ2n) is 3.73. The van der Waals surface area contributed by atoms with Gasteiger partial charge in [-0.3, -0.25) is 0 Å². The third-order valence-electron chi connectivity index (χ3n) is 1.92. The number of nitrogens with two attached hydrogens (primary N) is 2. The predicted molar refractivity (Wildman–Crippen MR) is 63.1 cm³/mol. The molecule has 5 nitrogen and oxygen atoms in total. The first-order valence-corrected chi connectivity index (χ1v) is 4.89. The number of allylic oxidation sites excluding steroid dienone is 2. The summed E-state index contributed by atoms with van der Waals surface area (Å²) in [5, 5.41) is 11.1. The normalized spacial score (nSPS) is 15.1. The van der Waals surface area contributed by atoms with Crippen molar-refractivity contribution < 1.29 is 18.4 Å². The number of nitrogens with zero attached hydrogens (tertiary/aromatic N) is 2. The van der Waals surface area contributed by atoms with Crippen molar-refractivity contribution in [2.45, 2.75) is 20.0 Å². The molecule has 0 amide bonds. The average molecular weight is 264 g/mol. The van der Waals surface area contributed by atoms with E-state index in [0.717, 1.165) is 0 Å². The van der Waals surface area contributed by atoms with Crippen molar-refractivity contribution in [2.24, 2.45) is 27.5 Å². The lowest BCUT2D eigenvalue weighted by atomic mass is 10.1. The van der Waals surface area contributed by atoms with Gasteiger partial charge in [0, 0.05) is 5.70 Å². The summed E-state index contributed by atoms with van der Waals surface area (Å²) in [7, 11) is 0. The molecule has 0 fully saturated rings. The molecule has 0 atom stereocenters. The van der Waals surface area contributed by atoms with Gasteiger partial charge in [0.1, 0.15) is 11.4 Å². The Labute approximate surface area is 102 Å². The Hall–Kier alpha value is -1.99. The summed E-state index contributed by atoms with van der Waals surface area (Å²) in [5.74, 6) is -0.684. The summed E-state index contributed by atoms with van der Waals surface area (Å²) in [4.78, 5) is 3.75. The molecule has 0 rings (SSSR count). The maximum absolute atomic E-state index is 12.3. The van der Waals surface area contributed by atoms with Gasteiger partial charge in [-0.1, -0.05) is 25.6 Å². The van der Waals surface area contributed by atoms with Crippen LogP contribution in [0.1, 0.15) is 13.8 Å². The molecule has 0 aliphatic heterocycles. The Morgan fingerprint density at radius 3 is 2.17 bits per heavy atom. The summed E-state index contributed by atoms with van der Waals surface area (Å²) in [6, 6.07) is 0. The summed E-state index contributed by atoms with van der Waals surface area (Å²) < 4.78 is 36.8. The highest BCUT2D eigenvalue weighted by Gasteiger charge is 2.32. The highest BCUT2D eigenvalue weighted by atomic mass is 19.4. The van der Waals surface area contributed by atoms with Crippen molar-refractivity contribution in [3.8, 4) is 0 Å². The maximum Gasteiger partial charge on any atom is 0.430 e. The average Bonchev–Trinajstić information content (AvgIpc) is 2.25. The van der Waals surface area contributed by atoms with E-state index in [0.29, 0.717) is 6.08 Å². The van der Waals surface area contributed by atoms with Gasteiger partial charge < -0.3 is 16.7 Å². The zero-order chi connectivity index (χ0) is 14.5. The molecule has 0 saturated heterocycles. The first kappa shape index (κ1) is 16.0. The molecule has 0 radical (unpaired) electrons. The molecule has 0 saturated carbocycles. The predicted octanol–water partition coefficient (Wildman–Crippen LogP) is 1.75. The van der Waals surface area contributed by atoms with E-state index in [2.05, 4.69) is 16.7 Å². The van der Waals surface area contributed by atoms with Crippen molar-refractivity contribution in [1.29, 1.82) is 0 Å². The molecule has 18 heavy (non-hydrogen) atoms. The number of hydrogen-bond donors (Lipinski definition) is 3. The molecule has 0 aromatic heterocycles. The molecule has 0 heterocycles. The third-order valence-corrected chi connectivity index (χ3v) is 1.92. The van der Waals surface area contributed by atoms with Gasteiger partial charge in [-0.15, -0.1) is 0 Å². The fraction of sp³-hybridized carbons (Fsp3) is 0.400. The van der Waals surface area contributed by atoms with Crippen LogP contribution in [-0.4, -0.2) is 22.9 Å². The molecule has 5 N–H and O–H groups in total. The lowest BCUT2D eigenvalue weighted by Gasteiger charge is -2.09. The van der Waals surface area contributed by atoms with Gasteiger partial charge in [-0.05, 0) is 12.0 Å². The second-order valence-corrected chi connectivity index (χ2v) is 3.73. The lowest BCUT2D eigenvalue weighted by Crippen LogP contribution is -2.27. The van der Waals surface area contributed by atoms with Crippen LogP contribution < -0.4 is 11.5 Å². The van der Waals surface area contributed by atoms with Gasteiger partial charge in [0.2, 0.25) is 0 Å². The zero-order valence-corrected chi connectivity index (χ0v) is 9.99. The van der Waals surface area contributed by atoms with E-state index in [9.17, 15) is 13.2 Å². The summed E-state index contributed by atoms with van der Waals surface area (Å²) in [5.41, 5.74) is 8.53. The van der Waals surface area contributed by atoms with Crippen LogP contribution in [0.4, 0.5) is 13.2 Å². The number of aliphatic imine (C=N–C) groups is 1. The molecular formula is C10H15F3N4O. The van der Waals surface area contributed by atoms with Crippen LogP contribution in [0.25, 0.3) is 0 Å². The maximum atomic E-state index is 12.3. The highest BCUT2D eigenvalue weighted by Crippen LogP contribution is 2.21. The largest absolute Gasteiger partial charge is 0.430 e. The fourth-order valence-electron chi connectivity index (χ4n) is 0.728. The Bertz CT molecular complexity index is 408. The topological polar surface area (TPSA) is 97.0 Å². The minimum Gasteiger partial charge on any atom is -0.409 e. The molecule has 0 bridgehead atoms. The summed E-state index contributed by atoms with van der Waals surface area (Å²) >= 11 is 0. The Kier molecular flexibility index (Phi) is 5.41. The van der Waals surface area contributed by atoms with Crippen molar-refractivity contribution >= 4 is 11.5 Å². The van der Waals surface area contributed by atoms with Crippen molar-refractivity contribution in [3.05, 3.63) is 24.0 Å². The molecule has 0 unspecified atom stereocenters. The van der Waals surface area contributed by atoms with Gasteiger partial charge in [-0.2, -0.15) is 13.2 Å². The Morgan fingerprint density at radius 2 is 1.83 bits per heavy atom. The number of amidine groups is 1. The number of halogens is 3. The van der Waals surface area contributed by atoms with E-state index < -0.39 is 23.4 Å². The molecule has 0 spiro atoms. The number of alkyl halides is 3. The fourth-order valence-corrected chi connectivity index (χ4v) is 0.728. The first-order chi connectivity index (χ1) is 8.09. The highest BCUT2D eigenvalue weighted by molar-refractivity contribution is 6.45. The SMILES string of the molecule is C=C(N=C(/C=C(\N)C(F)(F)F)/C(N)=N/O)C(C)C. The monoisotopic (exact) mass is 264 g/mol. The van der Waals surface area contributed by atoms with Gasteiger partial charge >= 0.3 is 6.18 Å². The molecule has 0 aliphatic rings. The van der Waals surface area contributed by atoms with E-state index in [1.165, 1.54) is 0 Å². The van der Waals surface area contributed by atoms with Gasteiger partial charge in [-0.25, -0.2) is 4.99 Å². The van der Waals surface area contributed by atoms with E-state index in [1.807, 2.05) is 0 Å². The van der Waals surface area contributed by atoms with Crippen molar-refractivity contribution in [3.63, 3.8) is 0 Å². The van der Waals surface area contributed by atoms with Gasteiger partial charge in [0.15, 0.2) is 5.84 Å². The Morgan fingerprint density at radius 1 is 1.33 bits per heavy atom. The van der Waals surface area contributed by atoms with E-state index >= 15 is 0 Å². The molecular weight excluding hydrogens is 249 g/mol. The van der Waals surface area contributed by atoms with Gasteiger partial charge in [0.05, 0.1) is 0 Å². The van der Waals surface area contributed by atoms with Crippen LogP contribution in [0, 0.1) is 5.92 Å². The zero-order valence-electron chi connectivity index (χ0n) is 9.99. The van der Waals surface area contributed by atoms with Crippen LogP contribution in [0.5, 0.6) is 0 Å². The van der Waals surface area contributed by atoms with Crippen molar-refractivity contribution in [1.82, 2.24) is 0 Å². The van der Waals surface area contributed by atoms with Crippen LogP contribution in [0.2, 0.25) is 0 Å². The second kappa shape index (κ2) is 6.08. The van der Waals surface area contributed by atoms with E-state index in [4.69, 9.17) is 16.7 Å². The van der Waals surface area contributed by atoms with Crippen LogP contribution in [0.3, 0.4) is 0 Å². The Balaban J connectivity index is 5.49. The van der Waals surface area contributed by atoms with E-state index in [-0.39, 0.29) is 11.6 Å². The molecule has 0 aliphatic carbocycles. The van der Waals surface area contributed by atoms with Gasteiger partial charge in [0.25, 0.3) is 0 Å². The molecule has 0 aromatic carbocycles. The van der Waals surface area contributed by atoms with E-state index in [1.54, 1.807) is 13.8 Å². The lowest BCUT2D eigenvalue weighted by molar-refractivity contribution is -0.0925. The number of rotatable bonds is 4. The number of hydrogen-bond acceptors (Lipinski definition) is 4. The van der Waals surface area contributed by atoms with Crippen LogP contribution in [-0.2, 0) is 0 Å². The minimum absolute atomic E-state index is 0.105. The third kappa shape index (κ3) is 4.89. The minimum atomic E-state index is -4.71. The molecule has 102 valence electrons. The molecule has 8 heteroatoms. The summed E-state index contributed by atoms with van der Waals surface area (Å²) in [6.07, 6.45) is -4.22. The van der Waals surface area contributed by atoms with Crippen molar-refractivity contribution in [2.75, 3.05) is 0 Å². The number of oxime groups is 1. The summed E-state index contributed by atoms with van der Waals surface area (Å²) in [6.45, 7) is 7.03. The smallest absolute Gasteiger partial charge is 0.409 e. The first-order valence-electron chi connectivity index (χ1n) is 4.89. The standard InChI is InChI=1S/C10H15F3N4O/c1-5(2)6(3)16-7(9(15)17-18)4-8(14)10(11,12)13/h4-5,18H,3,14H2,1-2H3,(H2,15,17)/b8-4-,16-7?. The van der Waals surface area contributed by atoms with Crippen LogP contribution in [0.15, 0.2) is 34.2 Å². The molecule has 0 aromatic rings. The quantitative estimate of drug-likeness (QED) is 0.312. The van der Waals surface area contributed by atoms with Crippen LogP contribution >= 0.6 is 0 Å².